The van der Waals surface area contributed by atoms with Crippen molar-refractivity contribution in [1.29, 1.82) is 0 Å². The average molecular weight is 394 g/mol. The lowest BCUT2D eigenvalue weighted by Gasteiger charge is -2.25. The zero-order valence-corrected chi connectivity index (χ0v) is 15.5. The topological polar surface area (TPSA) is 74.3 Å². The number of aromatic nitrogens is 1. The monoisotopic (exact) mass is 394 g/mol. The summed E-state index contributed by atoms with van der Waals surface area (Å²) < 4.78 is 26.4. The number of nitrogens with zero attached hydrogens (tertiary/aromatic N) is 2. The van der Waals surface area contributed by atoms with Crippen molar-refractivity contribution in [3.8, 4) is 0 Å². The molecule has 2 amide bonds. The Kier molecular flexibility index (Phi) is 6.46. The molecule has 27 heavy (non-hydrogen) atoms. The van der Waals surface area contributed by atoms with Gasteiger partial charge >= 0.3 is 0 Å². The Hall–Kier alpha value is -2.39. The second-order valence-electron chi connectivity index (χ2n) is 6.34. The van der Waals surface area contributed by atoms with Crippen molar-refractivity contribution in [3.63, 3.8) is 0 Å². The van der Waals surface area contributed by atoms with E-state index in [9.17, 15) is 18.4 Å². The summed E-state index contributed by atoms with van der Waals surface area (Å²) in [5.74, 6) is -3.00. The summed E-state index contributed by atoms with van der Waals surface area (Å²) in [5, 5.41) is 7.27. The largest absolute Gasteiger partial charge is 0.343 e. The molecule has 0 unspecified atom stereocenters. The minimum absolute atomic E-state index is 0.317. The van der Waals surface area contributed by atoms with Gasteiger partial charge in [0.1, 0.15) is 11.6 Å². The van der Waals surface area contributed by atoms with Crippen LogP contribution in [0, 0.1) is 11.6 Å². The average Bonchev–Trinajstić information content (AvgIpc) is 3.07. The van der Waals surface area contributed by atoms with E-state index in [0.717, 1.165) is 37.5 Å². The molecule has 3 rings (SSSR count). The Bertz CT molecular complexity index is 821. The highest BCUT2D eigenvalue weighted by molar-refractivity contribution is 7.13. The molecule has 1 aliphatic rings. The zero-order valence-electron chi connectivity index (χ0n) is 14.6. The molecule has 0 spiro atoms. The molecule has 0 atom stereocenters. The van der Waals surface area contributed by atoms with E-state index < -0.39 is 23.4 Å². The quantitative estimate of drug-likeness (QED) is 0.790. The van der Waals surface area contributed by atoms with Crippen LogP contribution in [0.1, 0.15) is 35.3 Å². The number of piperidine rings is 1. The lowest BCUT2D eigenvalue weighted by molar-refractivity contribution is -0.115. The van der Waals surface area contributed by atoms with Gasteiger partial charge in [-0.25, -0.2) is 13.8 Å². The smallest absolute Gasteiger partial charge is 0.254 e. The first-order valence-corrected chi connectivity index (χ1v) is 9.59. The molecule has 1 fully saturated rings. The summed E-state index contributed by atoms with van der Waals surface area (Å²) in [6.45, 7) is 2.54. The van der Waals surface area contributed by atoms with Gasteiger partial charge in [0, 0.05) is 18.0 Å². The van der Waals surface area contributed by atoms with E-state index in [2.05, 4.69) is 20.5 Å². The van der Waals surface area contributed by atoms with Crippen LogP contribution >= 0.6 is 11.3 Å². The molecular formula is C18H20F2N4O2S. The van der Waals surface area contributed by atoms with Crippen LogP contribution in [0.3, 0.4) is 0 Å². The molecule has 6 nitrogen and oxygen atoms in total. The minimum Gasteiger partial charge on any atom is -0.343 e. The van der Waals surface area contributed by atoms with Crippen LogP contribution in [0.5, 0.6) is 0 Å². The Labute approximate surface area is 159 Å². The van der Waals surface area contributed by atoms with Crippen LogP contribution in [-0.2, 0) is 11.3 Å². The van der Waals surface area contributed by atoms with Crippen molar-refractivity contribution >= 4 is 28.3 Å². The highest BCUT2D eigenvalue weighted by Crippen LogP contribution is 2.18. The predicted octanol–water partition coefficient (Wildman–Crippen LogP) is 2.78. The van der Waals surface area contributed by atoms with Gasteiger partial charge in [-0.05, 0) is 38.1 Å². The van der Waals surface area contributed by atoms with Gasteiger partial charge < -0.3 is 10.6 Å². The summed E-state index contributed by atoms with van der Waals surface area (Å²) in [4.78, 5) is 30.6. The number of benzene rings is 1. The molecule has 0 bridgehead atoms. The van der Waals surface area contributed by atoms with Gasteiger partial charge in [-0.1, -0.05) is 6.42 Å². The molecule has 1 saturated heterocycles. The summed E-state index contributed by atoms with van der Waals surface area (Å²) in [6.07, 6.45) is 3.66. The number of halogens is 2. The number of hydrogen-bond donors (Lipinski definition) is 2. The minimum atomic E-state index is -0.977. The molecule has 2 aromatic rings. The molecule has 1 aromatic heterocycles. The number of anilines is 1. The molecule has 0 radical (unpaired) electrons. The van der Waals surface area contributed by atoms with E-state index in [0.29, 0.717) is 11.2 Å². The summed E-state index contributed by atoms with van der Waals surface area (Å²) in [7, 11) is 0. The van der Waals surface area contributed by atoms with Gasteiger partial charge in [0.25, 0.3) is 5.91 Å². The molecule has 2 N–H and O–H groups in total. The van der Waals surface area contributed by atoms with Crippen LogP contribution in [-0.4, -0.2) is 41.3 Å². The number of carbonyl (C=O) groups is 2. The first-order chi connectivity index (χ1) is 13.0. The van der Waals surface area contributed by atoms with Crippen LogP contribution in [0.2, 0.25) is 0 Å². The molecule has 9 heteroatoms. The fraction of sp³-hybridized carbons (Fsp3) is 0.389. The maximum Gasteiger partial charge on any atom is 0.254 e. The fourth-order valence-corrected chi connectivity index (χ4v) is 3.59. The first kappa shape index (κ1) is 19.4. The summed E-state index contributed by atoms with van der Waals surface area (Å²) in [5.41, 5.74) is 0.580. The molecule has 1 aromatic carbocycles. The molecule has 1 aliphatic heterocycles. The van der Waals surface area contributed by atoms with Gasteiger partial charge in [-0.2, -0.15) is 0 Å². The van der Waals surface area contributed by atoms with Crippen molar-refractivity contribution < 1.29 is 18.4 Å². The highest BCUT2D eigenvalue weighted by atomic mass is 32.1. The summed E-state index contributed by atoms with van der Waals surface area (Å²) in [6, 6.07) is 2.64. The Morgan fingerprint density at radius 3 is 2.70 bits per heavy atom. The number of likely N-dealkylation sites (tertiary alicyclic amines) is 1. The van der Waals surface area contributed by atoms with Gasteiger partial charge in [0.2, 0.25) is 5.91 Å². The first-order valence-electron chi connectivity index (χ1n) is 8.71. The van der Waals surface area contributed by atoms with E-state index in [4.69, 9.17) is 0 Å². The van der Waals surface area contributed by atoms with Crippen LogP contribution in [0.15, 0.2) is 23.6 Å². The second kappa shape index (κ2) is 9.01. The van der Waals surface area contributed by atoms with Crippen molar-refractivity contribution in [2.75, 3.05) is 25.0 Å². The Morgan fingerprint density at radius 1 is 1.19 bits per heavy atom. The third-order valence-electron chi connectivity index (χ3n) is 4.22. The van der Waals surface area contributed by atoms with Gasteiger partial charge in [0.05, 0.1) is 17.8 Å². The van der Waals surface area contributed by atoms with Crippen molar-refractivity contribution in [2.24, 2.45) is 0 Å². The SMILES string of the molecule is O=C(CNC(=O)c1ccc(F)cc1F)Nc1nc(CN2CCCCC2)cs1. The summed E-state index contributed by atoms with van der Waals surface area (Å²) >= 11 is 1.32. The number of carbonyl (C=O) groups excluding carboxylic acids is 2. The highest BCUT2D eigenvalue weighted by Gasteiger charge is 2.15. The van der Waals surface area contributed by atoms with E-state index >= 15 is 0 Å². The van der Waals surface area contributed by atoms with Gasteiger partial charge in [-0.15, -0.1) is 11.3 Å². The maximum atomic E-state index is 13.6. The standard InChI is InChI=1S/C18H20F2N4O2S/c19-12-4-5-14(15(20)8-12)17(26)21-9-16(25)23-18-22-13(11-27-18)10-24-6-2-1-3-7-24/h4-5,8,11H,1-3,6-7,9-10H2,(H,21,26)(H,22,23,25). The van der Waals surface area contributed by atoms with E-state index in [1.807, 2.05) is 5.38 Å². The van der Waals surface area contributed by atoms with Gasteiger partial charge in [-0.3, -0.25) is 14.5 Å². The number of amides is 2. The van der Waals surface area contributed by atoms with Crippen molar-refractivity contribution in [3.05, 3.63) is 46.5 Å². The predicted molar refractivity (Wildman–Crippen MR) is 98.6 cm³/mol. The van der Waals surface area contributed by atoms with Gasteiger partial charge in [0.15, 0.2) is 5.13 Å². The molecule has 2 heterocycles. The molecular weight excluding hydrogens is 374 g/mol. The van der Waals surface area contributed by atoms with Crippen LogP contribution < -0.4 is 10.6 Å². The van der Waals surface area contributed by atoms with Crippen molar-refractivity contribution in [1.82, 2.24) is 15.2 Å². The van der Waals surface area contributed by atoms with E-state index in [1.54, 1.807) is 0 Å². The third-order valence-corrected chi connectivity index (χ3v) is 5.02. The van der Waals surface area contributed by atoms with E-state index in [1.165, 1.54) is 30.6 Å². The van der Waals surface area contributed by atoms with Crippen LogP contribution in [0.4, 0.5) is 13.9 Å². The normalized spacial score (nSPS) is 14.7. The van der Waals surface area contributed by atoms with Crippen LogP contribution in [0.25, 0.3) is 0 Å². The number of nitrogens with one attached hydrogen (secondary N) is 2. The Morgan fingerprint density at radius 2 is 1.96 bits per heavy atom. The third kappa shape index (κ3) is 5.54. The lowest BCUT2D eigenvalue weighted by atomic mass is 10.1. The maximum absolute atomic E-state index is 13.6. The molecule has 0 aliphatic carbocycles. The Balaban J connectivity index is 1.47. The molecule has 0 saturated carbocycles. The number of thiazole rings is 1. The van der Waals surface area contributed by atoms with Crippen molar-refractivity contribution in [2.45, 2.75) is 25.8 Å². The zero-order chi connectivity index (χ0) is 19.2. The lowest BCUT2D eigenvalue weighted by Crippen LogP contribution is -2.33. The second-order valence-corrected chi connectivity index (χ2v) is 7.19. The molecule has 144 valence electrons. The fourth-order valence-electron chi connectivity index (χ4n) is 2.88. The number of hydrogen-bond acceptors (Lipinski definition) is 5. The van der Waals surface area contributed by atoms with E-state index in [-0.39, 0.29) is 12.1 Å². The number of rotatable bonds is 6.